The highest BCUT2D eigenvalue weighted by Crippen LogP contribution is 2.32. The van der Waals surface area contributed by atoms with Crippen molar-refractivity contribution in [2.75, 3.05) is 22.9 Å². The van der Waals surface area contributed by atoms with Gasteiger partial charge >= 0.3 is 0 Å². The van der Waals surface area contributed by atoms with Gasteiger partial charge in [0.2, 0.25) is 0 Å². The fourth-order valence-corrected chi connectivity index (χ4v) is 8.10. The average Bonchev–Trinajstić information content (AvgIpc) is 3.49. The molecule has 6 aromatic heterocycles. The van der Waals surface area contributed by atoms with Gasteiger partial charge in [0.25, 0.3) is 22.2 Å². The molecule has 8 N–H and O–H groups in total. The van der Waals surface area contributed by atoms with Crippen LogP contribution < -0.4 is 45.2 Å². The summed E-state index contributed by atoms with van der Waals surface area (Å²) < 4.78 is 8.26. The van der Waals surface area contributed by atoms with E-state index in [1.54, 1.807) is 124 Å². The van der Waals surface area contributed by atoms with Crippen LogP contribution in [0.3, 0.4) is 0 Å². The highest BCUT2D eigenvalue weighted by Gasteiger charge is 2.09. The minimum absolute atomic E-state index is 0.0442. The molecule has 17 nitrogen and oxygen atoms in total. The maximum atomic E-state index is 11.9. The molecule has 11 aromatic rings. The molecule has 5 aromatic carbocycles. The van der Waals surface area contributed by atoms with Crippen LogP contribution in [0.1, 0.15) is 0 Å². The summed E-state index contributed by atoms with van der Waals surface area (Å²) in [7, 11) is 0. The van der Waals surface area contributed by atoms with Gasteiger partial charge < -0.3 is 22.9 Å². The van der Waals surface area contributed by atoms with Gasteiger partial charge in [0.15, 0.2) is 0 Å². The van der Waals surface area contributed by atoms with Crippen molar-refractivity contribution in [2.24, 2.45) is 5.11 Å². The minimum atomic E-state index is -0.125. The van der Waals surface area contributed by atoms with Crippen molar-refractivity contribution in [1.29, 1.82) is 0 Å². The zero-order valence-corrected chi connectivity index (χ0v) is 45.6. The molecule has 0 amide bonds. The number of rotatable bonds is 7. The maximum Gasteiger partial charge on any atom is 0.255 e. The predicted octanol–water partition coefficient (Wildman–Crippen LogP) is 11.8. The van der Waals surface area contributed by atoms with Crippen LogP contribution in [0.5, 0.6) is 0 Å². The lowest BCUT2D eigenvalue weighted by molar-refractivity contribution is 0.990. The zero-order chi connectivity index (χ0) is 56.1. The first-order chi connectivity index (χ1) is 38.3. The molecule has 0 atom stereocenters. The van der Waals surface area contributed by atoms with Crippen LogP contribution in [0.15, 0.2) is 279 Å². The Labute approximate surface area is 474 Å². The summed E-state index contributed by atoms with van der Waals surface area (Å²) in [5.74, 6) is 0. The Hall–Kier alpha value is -10.1. The number of benzene rings is 5. The summed E-state index contributed by atoms with van der Waals surface area (Å²) in [5, 5.41) is 3.71. The van der Waals surface area contributed by atoms with Crippen molar-refractivity contribution in [2.45, 2.75) is 0 Å². The summed E-state index contributed by atoms with van der Waals surface area (Å²) in [6.45, 7) is 0. The van der Waals surface area contributed by atoms with E-state index in [0.29, 0.717) is 28.4 Å². The van der Waals surface area contributed by atoms with E-state index in [1.165, 1.54) is 32.4 Å². The topological polar surface area (TPSA) is 267 Å². The van der Waals surface area contributed by atoms with E-state index >= 15 is 0 Å². The molecule has 0 aliphatic carbocycles. The average molecular weight is 1220 g/mol. The quantitative estimate of drug-likeness (QED) is 0.0385. The number of azide groups is 1. The number of pyridine rings is 6. The molecule has 0 aliphatic heterocycles. The minimum Gasteiger partial charge on any atom is -0.399 e. The molecule has 0 saturated carbocycles. The third-order valence-electron chi connectivity index (χ3n) is 11.3. The smallest absolute Gasteiger partial charge is 0.255 e. The molecule has 0 radical (unpaired) electrons. The summed E-state index contributed by atoms with van der Waals surface area (Å²) >= 11 is 5.57. The Morgan fingerprint density at radius 2 is 0.797 bits per heavy atom. The van der Waals surface area contributed by atoms with Crippen molar-refractivity contribution >= 4 is 67.0 Å². The zero-order valence-electron chi connectivity index (χ0n) is 41.9. The van der Waals surface area contributed by atoms with Crippen LogP contribution in [0, 0.1) is 3.57 Å². The van der Waals surface area contributed by atoms with Crippen LogP contribution in [-0.4, -0.2) is 28.2 Å². The van der Waals surface area contributed by atoms with Crippen molar-refractivity contribution in [3.8, 4) is 45.0 Å². The number of halogens is 2. The number of hydrogen-bond donors (Lipinski definition) is 4. The lowest BCUT2D eigenvalue weighted by atomic mass is 10.0. The Kier molecular flexibility index (Phi) is 20.2. The van der Waals surface area contributed by atoms with E-state index in [9.17, 15) is 19.2 Å². The second-order valence-electron chi connectivity index (χ2n) is 16.6. The van der Waals surface area contributed by atoms with Crippen molar-refractivity contribution in [3.63, 3.8) is 0 Å². The van der Waals surface area contributed by atoms with E-state index in [0.717, 1.165) is 49.5 Å². The van der Waals surface area contributed by atoms with Gasteiger partial charge in [0.05, 0.1) is 0 Å². The van der Waals surface area contributed by atoms with Crippen molar-refractivity contribution in [1.82, 2.24) is 28.2 Å². The Morgan fingerprint density at radius 1 is 0.430 bits per heavy atom. The molecule has 79 heavy (non-hydrogen) atoms. The molecule has 0 unspecified atom stereocenters. The summed E-state index contributed by atoms with van der Waals surface area (Å²) in [6, 6.07) is 58.7. The molecule has 0 fully saturated rings. The van der Waals surface area contributed by atoms with Gasteiger partial charge in [-0.25, -0.2) is 0 Å². The van der Waals surface area contributed by atoms with Crippen LogP contribution in [0.2, 0.25) is 0 Å². The van der Waals surface area contributed by atoms with Gasteiger partial charge in [-0.1, -0.05) is 29.4 Å². The first kappa shape index (κ1) is 56.6. The number of aromatic nitrogens is 6. The lowest BCUT2D eigenvalue weighted by Crippen LogP contribution is -2.15. The van der Waals surface area contributed by atoms with E-state index in [-0.39, 0.29) is 22.2 Å². The fourth-order valence-electron chi connectivity index (χ4n) is 7.37. The van der Waals surface area contributed by atoms with E-state index in [4.69, 9.17) is 28.5 Å². The van der Waals surface area contributed by atoms with E-state index in [2.05, 4.69) is 58.5 Å². The first-order valence-corrected chi connectivity index (χ1v) is 25.7. The molecule has 392 valence electrons. The molecule has 6 heterocycles. The monoisotopic (exact) mass is 1220 g/mol. The number of hydrogen-bond acceptors (Lipinski definition) is 11. The predicted molar refractivity (Wildman–Crippen MR) is 328 cm³/mol. The number of nitrogens with zero attached hydrogens (tertiary/aromatic N) is 9. The van der Waals surface area contributed by atoms with Crippen LogP contribution in [0.25, 0.3) is 55.4 Å². The maximum absolute atomic E-state index is 11.9. The van der Waals surface area contributed by atoms with Gasteiger partial charge in [0.1, 0.15) is 0 Å². The van der Waals surface area contributed by atoms with E-state index < -0.39 is 0 Å². The van der Waals surface area contributed by atoms with Crippen molar-refractivity contribution < 1.29 is 0 Å². The first-order valence-electron chi connectivity index (χ1n) is 23.8. The molecular weight excluding hydrogens is 1170 g/mol. The van der Waals surface area contributed by atoms with Crippen LogP contribution in [-0.2, 0) is 0 Å². The van der Waals surface area contributed by atoms with Gasteiger partial charge in [-0.3, -0.25) is 47.4 Å². The summed E-state index contributed by atoms with van der Waals surface area (Å²) in [4.78, 5) is 57.6. The third kappa shape index (κ3) is 16.0. The van der Waals surface area contributed by atoms with Gasteiger partial charge in [-0.15, -0.1) is 0 Å². The molecule has 19 heteroatoms. The normalized spacial score (nSPS) is 10.1. The van der Waals surface area contributed by atoms with Gasteiger partial charge in [0, 0.05) is 144 Å². The van der Waals surface area contributed by atoms with Gasteiger partial charge in [-0.05, 0) is 212 Å². The molecule has 0 aliphatic rings. The van der Waals surface area contributed by atoms with Crippen LogP contribution in [0.4, 0.5) is 28.4 Å². The lowest BCUT2D eigenvalue weighted by Gasteiger charge is -2.10. The highest BCUT2D eigenvalue weighted by molar-refractivity contribution is 14.1. The fraction of sp³-hybridized carbons (Fsp3) is 0. The highest BCUT2D eigenvalue weighted by atomic mass is 127. The molecule has 11 rings (SSSR count). The molecule has 0 spiro atoms. The second kappa shape index (κ2) is 28.2. The van der Waals surface area contributed by atoms with Gasteiger partial charge in [-0.2, -0.15) is 0 Å². The number of nitrogen functional groups attached to an aromatic ring is 4. The largest absolute Gasteiger partial charge is 0.399 e. The Bertz CT molecular complexity index is 4070. The second-order valence-corrected chi connectivity index (χ2v) is 18.7. The molecule has 0 bridgehead atoms. The van der Waals surface area contributed by atoms with Crippen molar-refractivity contribution in [3.05, 3.63) is 310 Å². The Morgan fingerprint density at radius 3 is 1.22 bits per heavy atom. The SMILES string of the molecule is Nc1ccc(-n2ccccc2=O)cc1.Nc1ccc(-n2ccccc2=O)cc1-c1ccncc1.Nc1ccc(-n2ccccc2=O)cc1Br.Nc1ccc(I)cc1.[N-]=[N+]=Nc1ccc(-n2ccccc2=O)cc1-c1ccncc1. The molecular formula is C60H49BrIN13O4. The third-order valence-corrected chi connectivity index (χ3v) is 12.7. The summed E-state index contributed by atoms with van der Waals surface area (Å²) in [6.07, 6.45) is 13.7. The van der Waals surface area contributed by atoms with Crippen LogP contribution >= 0.6 is 38.5 Å². The number of nitrogens with two attached hydrogens (primary N) is 4. The number of anilines is 4. The standard InChI is InChI=1S/C16H11N5O.C16H13N3O.C11H9BrN2O.C11H10N2O.C6H6IN/c17-20-19-15-5-4-13(21-10-2-1-3-16(21)22)11-14(15)12-6-8-18-9-7-12;17-15-5-4-13(19-10-2-1-3-16(19)20)11-14(15)12-6-8-18-9-7-12;12-9-7-8(4-5-10(9)13)14-6-2-1-3-11(14)15;12-9-4-6-10(7-5-9)13-8-2-1-3-11(13)14;7-5-1-3-6(8)4-2-5/h1-11H;1-11H,17H2;1-7H,13H2;1-8H,12H2;1-4H,8H2. The van der Waals surface area contributed by atoms with E-state index in [1.807, 2.05) is 115 Å². The molecule has 0 saturated heterocycles. The Balaban J connectivity index is 0.000000147. The summed E-state index contributed by atoms with van der Waals surface area (Å²) in [5.41, 5.74) is 41.0.